The molecule has 88 valence electrons. The molecule has 0 aromatic carbocycles. The van der Waals surface area contributed by atoms with Crippen LogP contribution in [0.4, 0.5) is 0 Å². The van der Waals surface area contributed by atoms with Gasteiger partial charge in [0, 0.05) is 6.20 Å². The Hall–Kier alpha value is -1.95. The summed E-state index contributed by atoms with van der Waals surface area (Å²) in [6.07, 6.45) is 3.92. The van der Waals surface area contributed by atoms with E-state index in [0.29, 0.717) is 5.65 Å². The van der Waals surface area contributed by atoms with E-state index in [1.807, 2.05) is 0 Å². The molecule has 1 unspecified atom stereocenters. The van der Waals surface area contributed by atoms with Crippen molar-refractivity contribution < 1.29 is 9.90 Å². The maximum Gasteiger partial charge on any atom is 0.339 e. The van der Waals surface area contributed by atoms with Crippen molar-refractivity contribution in [3.8, 4) is 0 Å². The van der Waals surface area contributed by atoms with Crippen LogP contribution in [0.25, 0.3) is 5.65 Å². The van der Waals surface area contributed by atoms with Crippen molar-refractivity contribution in [1.82, 2.24) is 19.9 Å². The number of fused-ring (bicyclic) bond motifs is 1. The highest BCUT2D eigenvalue weighted by molar-refractivity contribution is 5.94. The molecule has 2 aromatic heterocycles. The van der Waals surface area contributed by atoms with Gasteiger partial charge >= 0.3 is 5.97 Å². The Morgan fingerprint density at radius 2 is 2.41 bits per heavy atom. The van der Waals surface area contributed by atoms with Crippen LogP contribution in [0.1, 0.15) is 35.1 Å². The van der Waals surface area contributed by atoms with Crippen molar-refractivity contribution in [1.29, 1.82) is 0 Å². The van der Waals surface area contributed by atoms with Crippen LogP contribution in [0.2, 0.25) is 0 Å². The number of nitrogens with zero attached hydrogens (tertiary/aromatic N) is 3. The molecule has 0 aliphatic carbocycles. The Kier molecular flexibility index (Phi) is 2.29. The molecular formula is C11H12N4O2. The number of pyridine rings is 1. The third-order valence-corrected chi connectivity index (χ3v) is 3.06. The quantitative estimate of drug-likeness (QED) is 0.802. The molecule has 0 amide bonds. The van der Waals surface area contributed by atoms with Crippen LogP contribution in [0.15, 0.2) is 18.3 Å². The highest BCUT2D eigenvalue weighted by Crippen LogP contribution is 2.22. The van der Waals surface area contributed by atoms with Gasteiger partial charge < -0.3 is 10.4 Å². The second kappa shape index (κ2) is 3.81. The van der Waals surface area contributed by atoms with Gasteiger partial charge in [-0.05, 0) is 31.5 Å². The molecule has 2 N–H and O–H groups in total. The minimum absolute atomic E-state index is 0.175. The van der Waals surface area contributed by atoms with Crippen LogP contribution >= 0.6 is 0 Å². The van der Waals surface area contributed by atoms with Crippen molar-refractivity contribution in [2.45, 2.75) is 18.9 Å². The lowest BCUT2D eigenvalue weighted by molar-refractivity contribution is 0.0698. The summed E-state index contributed by atoms with van der Waals surface area (Å²) < 4.78 is 1.76. The predicted molar refractivity (Wildman–Crippen MR) is 59.9 cm³/mol. The molecule has 1 aliphatic heterocycles. The highest BCUT2D eigenvalue weighted by Gasteiger charge is 2.23. The fraction of sp³-hybridized carbons (Fsp3) is 0.364. The number of hydrogen-bond donors (Lipinski definition) is 2. The van der Waals surface area contributed by atoms with Crippen molar-refractivity contribution in [2.24, 2.45) is 0 Å². The number of carboxylic acids is 1. The van der Waals surface area contributed by atoms with Gasteiger partial charge in [-0.2, -0.15) is 0 Å². The number of aromatic nitrogens is 3. The van der Waals surface area contributed by atoms with E-state index < -0.39 is 5.97 Å². The average molecular weight is 232 g/mol. The predicted octanol–water partition coefficient (Wildman–Crippen LogP) is 0.852. The van der Waals surface area contributed by atoms with E-state index in [2.05, 4.69) is 15.5 Å². The van der Waals surface area contributed by atoms with E-state index in [1.165, 1.54) is 6.07 Å². The van der Waals surface area contributed by atoms with Crippen molar-refractivity contribution in [3.05, 3.63) is 29.7 Å². The van der Waals surface area contributed by atoms with Crippen LogP contribution < -0.4 is 5.32 Å². The van der Waals surface area contributed by atoms with Crippen LogP contribution in [0.5, 0.6) is 0 Å². The molecular weight excluding hydrogens is 220 g/mol. The van der Waals surface area contributed by atoms with Gasteiger partial charge in [-0.3, -0.25) is 4.40 Å². The van der Waals surface area contributed by atoms with E-state index >= 15 is 0 Å². The topological polar surface area (TPSA) is 79.5 Å². The first kappa shape index (κ1) is 10.2. The van der Waals surface area contributed by atoms with Gasteiger partial charge in [-0.1, -0.05) is 0 Å². The molecule has 1 fully saturated rings. The second-order valence-corrected chi connectivity index (χ2v) is 4.13. The van der Waals surface area contributed by atoms with Crippen LogP contribution in [0, 0.1) is 0 Å². The molecule has 1 atom stereocenters. The van der Waals surface area contributed by atoms with Crippen molar-refractivity contribution in [2.75, 3.05) is 6.54 Å². The van der Waals surface area contributed by atoms with Gasteiger partial charge in [-0.25, -0.2) is 4.79 Å². The number of carboxylic acid groups (broad SMARTS) is 1. The summed E-state index contributed by atoms with van der Waals surface area (Å²) in [5.74, 6) is -0.186. The molecule has 0 saturated carbocycles. The minimum Gasteiger partial charge on any atom is -0.478 e. The summed E-state index contributed by atoms with van der Waals surface area (Å²) in [6.45, 7) is 0.970. The number of hydrogen-bond acceptors (Lipinski definition) is 4. The second-order valence-electron chi connectivity index (χ2n) is 4.13. The fourth-order valence-corrected chi connectivity index (χ4v) is 2.24. The minimum atomic E-state index is -0.978. The summed E-state index contributed by atoms with van der Waals surface area (Å²) in [5, 5.41) is 20.5. The largest absolute Gasteiger partial charge is 0.478 e. The van der Waals surface area contributed by atoms with Gasteiger partial charge in [-0.15, -0.1) is 10.2 Å². The van der Waals surface area contributed by atoms with Gasteiger partial charge in [0.05, 0.1) is 6.04 Å². The SMILES string of the molecule is O=C(O)c1cccn2c(C3CCCN3)nnc12. The normalized spacial score (nSPS) is 19.9. The molecule has 6 heteroatoms. The van der Waals surface area contributed by atoms with Gasteiger partial charge in [0.2, 0.25) is 0 Å². The molecule has 0 spiro atoms. The lowest BCUT2D eigenvalue weighted by Crippen LogP contribution is -2.16. The summed E-state index contributed by atoms with van der Waals surface area (Å²) >= 11 is 0. The maximum absolute atomic E-state index is 11.0. The Morgan fingerprint density at radius 1 is 1.53 bits per heavy atom. The third-order valence-electron chi connectivity index (χ3n) is 3.06. The smallest absolute Gasteiger partial charge is 0.339 e. The zero-order valence-corrected chi connectivity index (χ0v) is 9.13. The highest BCUT2D eigenvalue weighted by atomic mass is 16.4. The summed E-state index contributed by atoms with van der Waals surface area (Å²) in [6, 6.07) is 3.42. The van der Waals surface area contributed by atoms with Gasteiger partial charge in [0.15, 0.2) is 11.5 Å². The van der Waals surface area contributed by atoms with Crippen LogP contribution in [0.3, 0.4) is 0 Å². The summed E-state index contributed by atoms with van der Waals surface area (Å²) in [4.78, 5) is 11.0. The Labute approximate surface area is 97.3 Å². The van der Waals surface area contributed by atoms with E-state index in [1.54, 1.807) is 16.7 Å². The van der Waals surface area contributed by atoms with E-state index in [4.69, 9.17) is 5.11 Å². The fourth-order valence-electron chi connectivity index (χ4n) is 2.24. The molecule has 2 aromatic rings. The summed E-state index contributed by atoms with van der Waals surface area (Å²) in [7, 11) is 0. The Balaban J connectivity index is 2.15. The number of aromatic carboxylic acids is 1. The van der Waals surface area contributed by atoms with Gasteiger partial charge in [0.1, 0.15) is 5.56 Å². The zero-order chi connectivity index (χ0) is 11.8. The number of carbonyl (C=O) groups is 1. The molecule has 0 bridgehead atoms. The van der Waals surface area contributed by atoms with Crippen molar-refractivity contribution in [3.63, 3.8) is 0 Å². The van der Waals surface area contributed by atoms with Crippen LogP contribution in [-0.2, 0) is 0 Å². The molecule has 17 heavy (non-hydrogen) atoms. The first-order valence-electron chi connectivity index (χ1n) is 5.57. The van der Waals surface area contributed by atoms with Crippen molar-refractivity contribution >= 4 is 11.6 Å². The lowest BCUT2D eigenvalue weighted by Gasteiger charge is -2.07. The molecule has 1 aliphatic rings. The Morgan fingerprint density at radius 3 is 3.12 bits per heavy atom. The van der Waals surface area contributed by atoms with Gasteiger partial charge in [0.25, 0.3) is 0 Å². The molecule has 3 heterocycles. The lowest BCUT2D eigenvalue weighted by atomic mass is 10.2. The van der Waals surface area contributed by atoms with Crippen LogP contribution in [-0.4, -0.2) is 32.2 Å². The maximum atomic E-state index is 11.0. The zero-order valence-electron chi connectivity index (χ0n) is 9.13. The average Bonchev–Trinajstić information content (AvgIpc) is 2.96. The third kappa shape index (κ3) is 1.57. The monoisotopic (exact) mass is 232 g/mol. The number of nitrogens with one attached hydrogen (secondary N) is 1. The Bertz CT molecular complexity index is 572. The first-order chi connectivity index (χ1) is 8.27. The molecule has 3 rings (SSSR count). The molecule has 0 radical (unpaired) electrons. The standard InChI is InChI=1S/C11H12N4O2/c16-11(17)7-3-2-6-15-9(7)13-14-10(15)8-4-1-5-12-8/h2-3,6,8,12H,1,4-5H2,(H,16,17). The molecule has 6 nitrogen and oxygen atoms in total. The summed E-state index contributed by atoms with van der Waals surface area (Å²) in [5.41, 5.74) is 0.591. The van der Waals surface area contributed by atoms with E-state index in [-0.39, 0.29) is 11.6 Å². The number of rotatable bonds is 2. The first-order valence-corrected chi connectivity index (χ1v) is 5.57. The van der Waals surface area contributed by atoms with E-state index in [9.17, 15) is 4.79 Å². The molecule has 1 saturated heterocycles. The van der Waals surface area contributed by atoms with E-state index in [0.717, 1.165) is 25.2 Å².